The van der Waals surface area contributed by atoms with E-state index in [2.05, 4.69) is 91.8 Å². The summed E-state index contributed by atoms with van der Waals surface area (Å²) in [5.41, 5.74) is 12.8. The number of aryl methyl sites for hydroxylation is 2. The average Bonchev–Trinajstić information content (AvgIpc) is 3.27. The van der Waals surface area contributed by atoms with Crippen LogP contribution in [-0.2, 0) is 39.3 Å². The van der Waals surface area contributed by atoms with Crippen molar-refractivity contribution in [2.45, 2.75) is 73.6 Å². The standard InChI is InChI=1S/C29H34N4.Pt/c1-9-21-17(3)27(30-19(21)5)23-13-11-15-25(32-23)29(7,8)26-16-12-14-24(33-26)28-18(4)22(10-2)20(6)31-28;/h11-16H,9-10H2,1-8H3;/q-2;+2. The van der Waals surface area contributed by atoms with Crippen molar-refractivity contribution in [3.8, 4) is 22.8 Å². The second-order valence-electron chi connectivity index (χ2n) is 9.45. The zero-order chi connectivity index (χ0) is 23.9. The maximum atomic E-state index is 5.07. The quantitative estimate of drug-likeness (QED) is 0.247. The second kappa shape index (κ2) is 10.0. The van der Waals surface area contributed by atoms with Crippen molar-refractivity contribution in [2.75, 3.05) is 0 Å². The van der Waals surface area contributed by atoms with Crippen LogP contribution in [0.25, 0.3) is 22.8 Å². The van der Waals surface area contributed by atoms with Gasteiger partial charge in [0.1, 0.15) is 0 Å². The van der Waals surface area contributed by atoms with Gasteiger partial charge in [-0.15, -0.1) is 11.4 Å². The van der Waals surface area contributed by atoms with E-state index in [1.807, 2.05) is 0 Å². The molecule has 180 valence electrons. The van der Waals surface area contributed by atoms with Crippen LogP contribution < -0.4 is 9.97 Å². The number of rotatable bonds is 6. The minimum atomic E-state index is -0.363. The molecule has 0 unspecified atom stereocenters. The second-order valence-corrected chi connectivity index (χ2v) is 9.45. The SMILES string of the molecule is CCc1c(C)[n-]c(-c2cccc(C(C)(C)c3cccc(-c4[n-]c(C)c(CC)c4C)n3)n2)c1C.[Pt+2]. The predicted octanol–water partition coefficient (Wildman–Crippen LogP) is 6.41. The van der Waals surface area contributed by atoms with Crippen molar-refractivity contribution in [3.63, 3.8) is 0 Å². The van der Waals surface area contributed by atoms with Gasteiger partial charge in [0.2, 0.25) is 0 Å². The summed E-state index contributed by atoms with van der Waals surface area (Å²) in [5, 5.41) is 0. The molecule has 4 aromatic rings. The molecule has 4 aromatic heterocycles. The van der Waals surface area contributed by atoms with E-state index in [0.29, 0.717) is 0 Å². The topological polar surface area (TPSA) is 54.0 Å². The van der Waals surface area contributed by atoms with Gasteiger partial charge in [0.25, 0.3) is 0 Å². The van der Waals surface area contributed by atoms with Crippen LogP contribution in [0.4, 0.5) is 0 Å². The molecule has 0 spiro atoms. The van der Waals surface area contributed by atoms with Crippen molar-refractivity contribution in [3.05, 3.63) is 81.4 Å². The van der Waals surface area contributed by atoms with E-state index in [1.165, 1.54) is 22.3 Å². The fraction of sp³-hybridized carbons (Fsp3) is 0.379. The van der Waals surface area contributed by atoms with Crippen LogP contribution in [0.1, 0.15) is 72.7 Å². The van der Waals surface area contributed by atoms with Crippen LogP contribution in [-0.4, -0.2) is 9.97 Å². The third-order valence-electron chi connectivity index (χ3n) is 7.02. The van der Waals surface area contributed by atoms with Gasteiger partial charge in [0.05, 0.1) is 11.4 Å². The van der Waals surface area contributed by atoms with Crippen molar-refractivity contribution >= 4 is 0 Å². The van der Waals surface area contributed by atoms with E-state index in [4.69, 9.17) is 19.9 Å². The molecular weight excluding hydrogens is 599 g/mol. The molecule has 4 rings (SSSR count). The summed E-state index contributed by atoms with van der Waals surface area (Å²) >= 11 is 0. The van der Waals surface area contributed by atoms with Crippen molar-refractivity contribution in [2.24, 2.45) is 0 Å². The molecule has 0 saturated carbocycles. The smallest absolute Gasteiger partial charge is 0.659 e. The van der Waals surface area contributed by atoms with Crippen LogP contribution in [0.2, 0.25) is 0 Å². The fourth-order valence-electron chi connectivity index (χ4n) is 4.97. The Bertz CT molecular complexity index is 1210. The molecule has 4 nitrogen and oxygen atoms in total. The summed E-state index contributed by atoms with van der Waals surface area (Å²) in [7, 11) is 0. The molecule has 5 heteroatoms. The van der Waals surface area contributed by atoms with Gasteiger partial charge in [-0.25, -0.2) is 0 Å². The molecule has 0 aliphatic rings. The van der Waals surface area contributed by atoms with E-state index in [0.717, 1.165) is 58.4 Å². The number of aromatic nitrogens is 4. The zero-order valence-electron chi connectivity index (χ0n) is 21.5. The van der Waals surface area contributed by atoms with Crippen LogP contribution in [0, 0.1) is 27.7 Å². The van der Waals surface area contributed by atoms with Gasteiger partial charge in [-0.05, 0) is 64.8 Å². The molecule has 0 N–H and O–H groups in total. The van der Waals surface area contributed by atoms with E-state index in [-0.39, 0.29) is 26.5 Å². The van der Waals surface area contributed by atoms with Gasteiger partial charge < -0.3 is 9.97 Å². The van der Waals surface area contributed by atoms with Crippen molar-refractivity contribution < 1.29 is 21.1 Å². The number of hydrogen-bond acceptors (Lipinski definition) is 2. The van der Waals surface area contributed by atoms with Gasteiger partial charge in [-0.3, -0.25) is 9.97 Å². The average molecular weight is 634 g/mol. The normalized spacial score (nSPS) is 11.5. The molecule has 0 aliphatic carbocycles. The van der Waals surface area contributed by atoms with E-state index in [9.17, 15) is 0 Å². The molecule has 0 bridgehead atoms. The van der Waals surface area contributed by atoms with Gasteiger partial charge in [-0.2, -0.15) is 11.4 Å². The molecular formula is C29H34N4Pt. The Hall–Kier alpha value is -2.45. The number of hydrogen-bond donors (Lipinski definition) is 0. The van der Waals surface area contributed by atoms with E-state index in [1.54, 1.807) is 0 Å². The van der Waals surface area contributed by atoms with Crippen molar-refractivity contribution in [1.82, 2.24) is 19.9 Å². The third-order valence-corrected chi connectivity index (χ3v) is 7.02. The van der Waals surface area contributed by atoms with Crippen LogP contribution in [0.15, 0.2) is 36.4 Å². The summed E-state index contributed by atoms with van der Waals surface area (Å²) in [6.07, 6.45) is 1.97. The van der Waals surface area contributed by atoms with Crippen LogP contribution in [0.3, 0.4) is 0 Å². The molecule has 0 fully saturated rings. The number of nitrogens with zero attached hydrogens (tertiary/aromatic N) is 4. The summed E-state index contributed by atoms with van der Waals surface area (Å²) < 4.78 is 0. The maximum Gasteiger partial charge on any atom is 2.00 e. The third kappa shape index (κ3) is 4.45. The first-order valence-electron chi connectivity index (χ1n) is 11.9. The summed E-state index contributed by atoms with van der Waals surface area (Å²) in [6.45, 7) is 17.2. The van der Waals surface area contributed by atoms with E-state index >= 15 is 0 Å². The zero-order valence-corrected chi connectivity index (χ0v) is 23.8. The Morgan fingerprint density at radius 2 is 1.06 bits per heavy atom. The Morgan fingerprint density at radius 3 is 1.38 bits per heavy atom. The molecule has 0 atom stereocenters. The fourth-order valence-corrected chi connectivity index (χ4v) is 4.97. The predicted molar refractivity (Wildman–Crippen MR) is 136 cm³/mol. The number of pyridine rings is 2. The largest absolute Gasteiger partial charge is 2.00 e. The molecule has 0 saturated heterocycles. The van der Waals surface area contributed by atoms with Gasteiger partial charge in [0, 0.05) is 16.8 Å². The molecule has 0 amide bonds. The minimum absolute atomic E-state index is 0. The molecule has 0 radical (unpaired) electrons. The van der Waals surface area contributed by atoms with Crippen LogP contribution >= 0.6 is 0 Å². The summed E-state index contributed by atoms with van der Waals surface area (Å²) in [6, 6.07) is 12.5. The minimum Gasteiger partial charge on any atom is -0.659 e. The monoisotopic (exact) mass is 633 g/mol. The van der Waals surface area contributed by atoms with Gasteiger partial charge in [0.15, 0.2) is 0 Å². The van der Waals surface area contributed by atoms with E-state index < -0.39 is 0 Å². The Balaban J connectivity index is 0.00000324. The first-order valence-corrected chi connectivity index (χ1v) is 11.9. The first-order chi connectivity index (χ1) is 15.7. The molecule has 0 aliphatic heterocycles. The Labute approximate surface area is 218 Å². The maximum absolute atomic E-state index is 5.07. The first kappa shape index (κ1) is 26.2. The molecule has 34 heavy (non-hydrogen) atoms. The summed E-state index contributed by atoms with van der Waals surface area (Å²) in [5.74, 6) is 0. The Kier molecular flexibility index (Phi) is 7.72. The van der Waals surface area contributed by atoms with Crippen LogP contribution in [0.5, 0.6) is 0 Å². The molecule has 0 aromatic carbocycles. The van der Waals surface area contributed by atoms with Crippen molar-refractivity contribution in [1.29, 1.82) is 0 Å². The molecule has 4 heterocycles. The van der Waals surface area contributed by atoms with Gasteiger partial charge in [-0.1, -0.05) is 62.1 Å². The Morgan fingerprint density at radius 1 is 0.676 bits per heavy atom. The van der Waals surface area contributed by atoms with Gasteiger partial charge >= 0.3 is 21.1 Å². The summed E-state index contributed by atoms with van der Waals surface area (Å²) in [4.78, 5) is 19.8.